The zero-order chi connectivity index (χ0) is 12.8. The lowest BCUT2D eigenvalue weighted by atomic mass is 9.88. The quantitative estimate of drug-likeness (QED) is 0.617. The summed E-state index contributed by atoms with van der Waals surface area (Å²) in [6.45, 7) is 13.7. The van der Waals surface area contributed by atoms with Crippen molar-refractivity contribution in [2.24, 2.45) is 0 Å². The van der Waals surface area contributed by atoms with Crippen molar-refractivity contribution in [3.8, 4) is 0 Å². The fourth-order valence-electron chi connectivity index (χ4n) is 2.45. The van der Waals surface area contributed by atoms with Crippen molar-refractivity contribution in [1.29, 1.82) is 0 Å². The molecule has 0 spiro atoms. The Morgan fingerprint density at radius 3 is 2.00 bits per heavy atom. The van der Waals surface area contributed by atoms with Crippen LogP contribution in [-0.2, 0) is 11.0 Å². The van der Waals surface area contributed by atoms with Gasteiger partial charge in [-0.2, -0.15) is 0 Å². The molecule has 17 heavy (non-hydrogen) atoms. The van der Waals surface area contributed by atoms with Crippen molar-refractivity contribution in [1.82, 2.24) is 4.57 Å². The highest BCUT2D eigenvalue weighted by molar-refractivity contribution is 5.86. The molecule has 1 heteroatoms. The molecule has 2 aromatic rings. The second-order valence-electron chi connectivity index (χ2n) is 6.86. The molecular formula is C16H23N. The molecule has 0 aliphatic carbocycles. The van der Waals surface area contributed by atoms with Gasteiger partial charge in [-0.15, -0.1) is 0 Å². The Morgan fingerprint density at radius 2 is 1.47 bits per heavy atom. The summed E-state index contributed by atoms with van der Waals surface area (Å²) in [5.74, 6) is 0. The first-order valence-electron chi connectivity index (χ1n) is 6.32. The van der Waals surface area contributed by atoms with Gasteiger partial charge in [-0.3, -0.25) is 0 Å². The molecule has 0 fully saturated rings. The molecule has 1 aromatic carbocycles. The third-order valence-electron chi connectivity index (χ3n) is 3.16. The lowest BCUT2D eigenvalue weighted by molar-refractivity contribution is 0.363. The van der Waals surface area contributed by atoms with E-state index in [2.05, 4.69) is 76.6 Å². The minimum Gasteiger partial charge on any atom is -0.345 e. The van der Waals surface area contributed by atoms with E-state index in [1.54, 1.807) is 0 Å². The minimum atomic E-state index is 0.127. The van der Waals surface area contributed by atoms with Crippen molar-refractivity contribution >= 4 is 10.8 Å². The third-order valence-corrected chi connectivity index (χ3v) is 3.16. The van der Waals surface area contributed by atoms with E-state index < -0.39 is 0 Å². The molecule has 1 nitrogen and oxygen atoms in total. The summed E-state index contributed by atoms with van der Waals surface area (Å²) in [5, 5.41) is 2.72. The maximum absolute atomic E-state index is 2.43. The zero-order valence-corrected chi connectivity index (χ0v) is 11.8. The molecule has 0 aliphatic heterocycles. The van der Waals surface area contributed by atoms with Crippen LogP contribution in [0.2, 0.25) is 0 Å². The van der Waals surface area contributed by atoms with Crippen molar-refractivity contribution < 1.29 is 0 Å². The van der Waals surface area contributed by atoms with Crippen molar-refractivity contribution in [3.63, 3.8) is 0 Å². The molecule has 0 saturated heterocycles. The first-order chi connectivity index (χ1) is 7.71. The van der Waals surface area contributed by atoms with Gasteiger partial charge in [0, 0.05) is 28.2 Å². The van der Waals surface area contributed by atoms with Crippen molar-refractivity contribution in [3.05, 3.63) is 36.2 Å². The van der Waals surface area contributed by atoms with Gasteiger partial charge in [0.05, 0.1) is 0 Å². The van der Waals surface area contributed by atoms with Crippen LogP contribution in [0.5, 0.6) is 0 Å². The Balaban J connectivity index is 2.84. The van der Waals surface area contributed by atoms with Crippen LogP contribution in [0.1, 0.15) is 47.2 Å². The Kier molecular flexibility index (Phi) is 2.61. The molecule has 0 N–H and O–H groups in total. The van der Waals surface area contributed by atoms with Crippen LogP contribution < -0.4 is 0 Å². The lowest BCUT2D eigenvalue weighted by Crippen LogP contribution is -2.28. The van der Waals surface area contributed by atoms with Gasteiger partial charge in [-0.1, -0.05) is 45.0 Å². The Hall–Kier alpha value is -1.24. The number of hydrogen-bond donors (Lipinski definition) is 0. The van der Waals surface area contributed by atoms with Crippen LogP contribution in [-0.4, -0.2) is 4.57 Å². The normalized spacial score (nSPS) is 13.3. The van der Waals surface area contributed by atoms with Gasteiger partial charge in [0.2, 0.25) is 0 Å². The average molecular weight is 229 g/mol. The molecule has 0 radical (unpaired) electrons. The maximum atomic E-state index is 2.43. The molecule has 0 atom stereocenters. The second kappa shape index (κ2) is 3.63. The number of nitrogens with zero attached hydrogens (tertiary/aromatic N) is 1. The molecule has 0 aliphatic rings. The standard InChI is InChI=1S/C16H23N/c1-15(2,3)14-13-10-8-7-9-12(13)11-17(14)16(4,5)6/h7-11H,1-6H3. The molecule has 0 bridgehead atoms. The van der Waals surface area contributed by atoms with Crippen LogP contribution >= 0.6 is 0 Å². The summed E-state index contributed by atoms with van der Waals surface area (Å²) in [4.78, 5) is 0. The lowest BCUT2D eigenvalue weighted by Gasteiger charge is -2.30. The highest BCUT2D eigenvalue weighted by Gasteiger charge is 2.26. The van der Waals surface area contributed by atoms with E-state index in [1.807, 2.05) is 0 Å². The number of benzene rings is 1. The van der Waals surface area contributed by atoms with Crippen LogP contribution in [0.25, 0.3) is 10.8 Å². The van der Waals surface area contributed by atoms with E-state index in [1.165, 1.54) is 16.5 Å². The number of aromatic nitrogens is 1. The summed E-state index contributed by atoms with van der Waals surface area (Å²) in [7, 11) is 0. The summed E-state index contributed by atoms with van der Waals surface area (Å²) in [6.07, 6.45) is 2.29. The molecular weight excluding hydrogens is 206 g/mol. The third kappa shape index (κ3) is 2.11. The Bertz CT molecular complexity index is 533. The summed E-state index contributed by atoms with van der Waals surface area (Å²) < 4.78 is 2.43. The summed E-state index contributed by atoms with van der Waals surface area (Å²) >= 11 is 0. The largest absolute Gasteiger partial charge is 0.345 e. The predicted octanol–water partition coefficient (Wildman–Crippen LogP) is 4.69. The first kappa shape index (κ1) is 12.2. The molecule has 92 valence electrons. The Labute approximate surface area is 104 Å². The highest BCUT2D eigenvalue weighted by atomic mass is 15.0. The summed E-state index contributed by atoms with van der Waals surface area (Å²) in [6, 6.07) is 8.68. The number of fused-ring (bicyclic) bond motifs is 1. The topological polar surface area (TPSA) is 4.93 Å². The average Bonchev–Trinajstić information content (AvgIpc) is 2.54. The minimum absolute atomic E-state index is 0.127. The van der Waals surface area contributed by atoms with Gasteiger partial charge in [0.25, 0.3) is 0 Å². The molecule has 0 unspecified atom stereocenters. The highest BCUT2D eigenvalue weighted by Crippen LogP contribution is 2.35. The second-order valence-corrected chi connectivity index (χ2v) is 6.86. The van der Waals surface area contributed by atoms with Gasteiger partial charge in [-0.25, -0.2) is 0 Å². The van der Waals surface area contributed by atoms with Crippen LogP contribution in [0.4, 0.5) is 0 Å². The van der Waals surface area contributed by atoms with Crippen molar-refractivity contribution in [2.75, 3.05) is 0 Å². The number of rotatable bonds is 0. The van der Waals surface area contributed by atoms with E-state index in [0.29, 0.717) is 0 Å². The SMILES string of the molecule is CC(C)(C)c1c2ccccc2cn1C(C)(C)C. The fraction of sp³-hybridized carbons (Fsp3) is 0.500. The van der Waals surface area contributed by atoms with E-state index >= 15 is 0 Å². The zero-order valence-electron chi connectivity index (χ0n) is 11.8. The van der Waals surface area contributed by atoms with Crippen LogP contribution in [0, 0.1) is 0 Å². The molecule has 1 aromatic heterocycles. The Morgan fingerprint density at radius 1 is 0.882 bits per heavy atom. The van der Waals surface area contributed by atoms with Gasteiger partial charge in [0.15, 0.2) is 0 Å². The first-order valence-corrected chi connectivity index (χ1v) is 6.32. The van der Waals surface area contributed by atoms with Gasteiger partial charge in [0.1, 0.15) is 0 Å². The monoisotopic (exact) mass is 229 g/mol. The maximum Gasteiger partial charge on any atom is 0.0359 e. The molecule has 1 heterocycles. The van der Waals surface area contributed by atoms with Gasteiger partial charge in [-0.05, 0) is 26.2 Å². The molecule has 0 saturated carbocycles. The van der Waals surface area contributed by atoms with E-state index in [0.717, 1.165) is 0 Å². The predicted molar refractivity (Wildman–Crippen MR) is 75.6 cm³/mol. The van der Waals surface area contributed by atoms with Crippen LogP contribution in [0.15, 0.2) is 30.5 Å². The van der Waals surface area contributed by atoms with Gasteiger partial charge >= 0.3 is 0 Å². The smallest absolute Gasteiger partial charge is 0.0359 e. The van der Waals surface area contributed by atoms with Crippen molar-refractivity contribution in [2.45, 2.75) is 52.5 Å². The summed E-state index contributed by atoms with van der Waals surface area (Å²) in [5.41, 5.74) is 1.72. The number of hydrogen-bond acceptors (Lipinski definition) is 0. The van der Waals surface area contributed by atoms with E-state index in [4.69, 9.17) is 0 Å². The van der Waals surface area contributed by atoms with Gasteiger partial charge < -0.3 is 4.57 Å². The molecule has 2 rings (SSSR count). The van der Waals surface area contributed by atoms with E-state index in [-0.39, 0.29) is 11.0 Å². The molecule has 0 amide bonds. The fourth-order valence-corrected chi connectivity index (χ4v) is 2.45. The van der Waals surface area contributed by atoms with E-state index in [9.17, 15) is 0 Å². The van der Waals surface area contributed by atoms with Crippen LogP contribution in [0.3, 0.4) is 0 Å².